The Kier molecular flexibility index (Phi) is 5.89. The number of aromatic nitrogens is 1. The van der Waals surface area contributed by atoms with E-state index in [2.05, 4.69) is 4.98 Å². The number of aliphatic carboxylic acids is 2. The van der Waals surface area contributed by atoms with E-state index in [1.165, 1.54) is 6.92 Å². The van der Waals surface area contributed by atoms with Crippen LogP contribution in [0.5, 0.6) is 0 Å². The van der Waals surface area contributed by atoms with Gasteiger partial charge in [-0.15, -0.1) is 0 Å². The van der Waals surface area contributed by atoms with E-state index in [0.29, 0.717) is 6.42 Å². The van der Waals surface area contributed by atoms with Crippen molar-refractivity contribution in [3.63, 3.8) is 0 Å². The number of rotatable bonds is 4. The van der Waals surface area contributed by atoms with Crippen LogP contribution in [-0.2, 0) is 16.0 Å². The summed E-state index contributed by atoms with van der Waals surface area (Å²) in [4.78, 5) is 23.2. The Balaban J connectivity index is 0.000000315. The fourth-order valence-electron chi connectivity index (χ4n) is 1.62. The Bertz CT molecular complexity index is 621. The van der Waals surface area contributed by atoms with Crippen LogP contribution in [0.3, 0.4) is 0 Å². The summed E-state index contributed by atoms with van der Waals surface area (Å²) in [6.45, 7) is 1.20. The van der Waals surface area contributed by atoms with Crippen LogP contribution in [0.25, 0.3) is 10.9 Å². The molecule has 0 spiro atoms. The Morgan fingerprint density at radius 3 is 2.33 bits per heavy atom. The van der Waals surface area contributed by atoms with Gasteiger partial charge in [-0.25, -0.2) is 4.79 Å². The van der Waals surface area contributed by atoms with Gasteiger partial charge in [0.15, 0.2) is 0 Å². The molecule has 2 aromatic rings. The molecule has 6 N–H and O–H groups in total. The van der Waals surface area contributed by atoms with Crippen molar-refractivity contribution in [2.75, 3.05) is 0 Å². The quantitative estimate of drug-likeness (QED) is 0.559. The normalized spacial score (nSPS) is 13.1. The predicted molar refractivity (Wildman–Crippen MR) is 76.9 cm³/mol. The van der Waals surface area contributed by atoms with Crippen LogP contribution in [0.4, 0.5) is 0 Å². The molecule has 0 aliphatic heterocycles. The summed E-state index contributed by atoms with van der Waals surface area (Å²) >= 11 is 0. The molecule has 1 heterocycles. The molecule has 2 rings (SSSR count). The number of aliphatic hydroxyl groups excluding tert-OH is 1. The topological polar surface area (TPSA) is 137 Å². The minimum atomic E-state index is -1.23. The molecule has 2 atom stereocenters. The minimum absolute atomic E-state index is 0.347. The second-order valence-electron chi connectivity index (χ2n) is 4.52. The van der Waals surface area contributed by atoms with Crippen molar-refractivity contribution >= 4 is 22.8 Å². The summed E-state index contributed by atoms with van der Waals surface area (Å²) in [5.74, 6) is -2.16. The number of nitrogens with one attached hydrogen (secondary N) is 1. The van der Waals surface area contributed by atoms with Crippen molar-refractivity contribution in [1.29, 1.82) is 0 Å². The van der Waals surface area contributed by atoms with E-state index < -0.39 is 24.1 Å². The molecule has 0 radical (unpaired) electrons. The van der Waals surface area contributed by atoms with Crippen molar-refractivity contribution in [3.05, 3.63) is 36.0 Å². The smallest absolute Gasteiger partial charge is 0.332 e. The first-order chi connectivity index (χ1) is 9.82. The molecule has 0 saturated heterocycles. The first kappa shape index (κ1) is 16.7. The molecule has 1 aromatic heterocycles. The summed E-state index contributed by atoms with van der Waals surface area (Å²) in [5.41, 5.74) is 7.43. The number of carbonyl (C=O) groups is 2. The molecule has 7 nitrogen and oxygen atoms in total. The molecular formula is C14H18N2O5. The maximum absolute atomic E-state index is 10.6. The largest absolute Gasteiger partial charge is 0.480 e. The van der Waals surface area contributed by atoms with E-state index in [0.717, 1.165) is 16.5 Å². The number of hydrogen-bond acceptors (Lipinski definition) is 4. The van der Waals surface area contributed by atoms with Crippen molar-refractivity contribution in [2.24, 2.45) is 5.73 Å². The van der Waals surface area contributed by atoms with Gasteiger partial charge in [0, 0.05) is 23.5 Å². The molecule has 0 saturated carbocycles. The van der Waals surface area contributed by atoms with E-state index >= 15 is 0 Å². The molecule has 21 heavy (non-hydrogen) atoms. The highest BCUT2D eigenvalue weighted by molar-refractivity contribution is 5.84. The third kappa shape index (κ3) is 4.90. The lowest BCUT2D eigenvalue weighted by Crippen LogP contribution is -2.32. The Morgan fingerprint density at radius 1 is 1.24 bits per heavy atom. The molecule has 0 bridgehead atoms. The van der Waals surface area contributed by atoms with Gasteiger partial charge in [0.05, 0.1) is 0 Å². The van der Waals surface area contributed by atoms with Crippen molar-refractivity contribution in [1.82, 2.24) is 4.98 Å². The lowest BCUT2D eigenvalue weighted by molar-refractivity contribution is -0.145. The lowest BCUT2D eigenvalue weighted by Gasteiger charge is -2.04. The monoisotopic (exact) mass is 294 g/mol. The van der Waals surface area contributed by atoms with Gasteiger partial charge >= 0.3 is 11.9 Å². The number of fused-ring (bicyclic) bond motifs is 1. The van der Waals surface area contributed by atoms with Crippen LogP contribution >= 0.6 is 0 Å². The number of aliphatic hydroxyl groups is 1. The van der Waals surface area contributed by atoms with E-state index in [9.17, 15) is 9.59 Å². The molecule has 0 aliphatic carbocycles. The van der Waals surface area contributed by atoms with Gasteiger partial charge in [0.2, 0.25) is 0 Å². The van der Waals surface area contributed by atoms with Crippen LogP contribution < -0.4 is 5.73 Å². The highest BCUT2D eigenvalue weighted by Gasteiger charge is 2.14. The third-order valence-corrected chi connectivity index (χ3v) is 2.79. The first-order valence-corrected chi connectivity index (χ1v) is 6.27. The zero-order chi connectivity index (χ0) is 16.0. The maximum Gasteiger partial charge on any atom is 0.332 e. The number of aromatic amines is 1. The van der Waals surface area contributed by atoms with Crippen molar-refractivity contribution < 1.29 is 24.9 Å². The second kappa shape index (κ2) is 7.41. The van der Waals surface area contributed by atoms with Crippen molar-refractivity contribution in [2.45, 2.75) is 25.5 Å². The molecule has 0 fully saturated rings. The summed E-state index contributed by atoms with van der Waals surface area (Å²) in [7, 11) is 0. The van der Waals surface area contributed by atoms with Crippen molar-refractivity contribution in [3.8, 4) is 0 Å². The number of hydrogen-bond donors (Lipinski definition) is 5. The van der Waals surface area contributed by atoms with Crippen LogP contribution in [-0.4, -0.2) is 44.4 Å². The minimum Gasteiger partial charge on any atom is -0.480 e. The van der Waals surface area contributed by atoms with Crippen LogP contribution in [0.1, 0.15) is 12.5 Å². The second-order valence-corrected chi connectivity index (χ2v) is 4.52. The highest BCUT2D eigenvalue weighted by Crippen LogP contribution is 2.18. The summed E-state index contributed by atoms with van der Waals surface area (Å²) in [6, 6.07) is 6.91. The van der Waals surface area contributed by atoms with Crippen LogP contribution in [0, 0.1) is 0 Å². The molecule has 1 aromatic carbocycles. The Hall–Kier alpha value is -2.38. The van der Waals surface area contributed by atoms with Gasteiger partial charge in [0.25, 0.3) is 0 Å². The van der Waals surface area contributed by atoms with Gasteiger partial charge in [-0.3, -0.25) is 4.79 Å². The molecular weight excluding hydrogens is 276 g/mol. The number of nitrogens with two attached hydrogens (primary N) is 1. The molecule has 0 aliphatic rings. The summed E-state index contributed by atoms with van der Waals surface area (Å²) in [5, 5.41) is 25.5. The number of carboxylic acid groups (broad SMARTS) is 2. The van der Waals surface area contributed by atoms with Crippen LogP contribution in [0.2, 0.25) is 0 Å². The van der Waals surface area contributed by atoms with E-state index in [4.69, 9.17) is 21.1 Å². The fraction of sp³-hybridized carbons (Fsp3) is 0.286. The average Bonchev–Trinajstić information content (AvgIpc) is 2.82. The van der Waals surface area contributed by atoms with Gasteiger partial charge in [-0.05, 0) is 18.6 Å². The molecule has 1 unspecified atom stereocenters. The molecule has 114 valence electrons. The van der Waals surface area contributed by atoms with Gasteiger partial charge in [0.1, 0.15) is 12.1 Å². The zero-order valence-corrected chi connectivity index (χ0v) is 11.5. The summed E-state index contributed by atoms with van der Waals surface area (Å²) < 4.78 is 0. The number of para-hydroxylation sites is 1. The van der Waals surface area contributed by atoms with E-state index in [-0.39, 0.29) is 0 Å². The van der Waals surface area contributed by atoms with Gasteiger partial charge < -0.3 is 26.0 Å². The predicted octanol–water partition coefficient (Wildman–Crippen LogP) is 0.574. The van der Waals surface area contributed by atoms with E-state index in [1.807, 2.05) is 30.5 Å². The maximum atomic E-state index is 10.6. The molecule has 0 amide bonds. The molecule has 7 heteroatoms. The lowest BCUT2D eigenvalue weighted by atomic mass is 10.1. The fourth-order valence-corrected chi connectivity index (χ4v) is 1.62. The SMILES string of the molecule is CC(O)C(=O)O.N[C@@H](Cc1c[nH]c2ccccc12)C(=O)O. The first-order valence-electron chi connectivity index (χ1n) is 6.27. The third-order valence-electron chi connectivity index (χ3n) is 2.79. The van der Waals surface area contributed by atoms with Gasteiger partial charge in [-0.1, -0.05) is 18.2 Å². The zero-order valence-electron chi connectivity index (χ0n) is 11.5. The Morgan fingerprint density at radius 2 is 1.81 bits per heavy atom. The standard InChI is InChI=1S/C11H12N2O2.C3H6O3/c12-9(11(14)15)5-7-6-13-10-4-2-1-3-8(7)10;1-2(4)3(5)6/h1-4,6,9,13H,5,12H2,(H,14,15);2,4H,1H3,(H,5,6)/t9-;/m0./s1. The Labute approximate surface area is 121 Å². The number of H-pyrrole nitrogens is 1. The number of carboxylic acids is 2. The summed E-state index contributed by atoms with van der Waals surface area (Å²) in [6.07, 6.45) is 0.928. The van der Waals surface area contributed by atoms with E-state index in [1.54, 1.807) is 0 Å². The number of benzene rings is 1. The average molecular weight is 294 g/mol. The van der Waals surface area contributed by atoms with Crippen LogP contribution in [0.15, 0.2) is 30.5 Å². The highest BCUT2D eigenvalue weighted by atomic mass is 16.4. The van der Waals surface area contributed by atoms with Gasteiger partial charge in [-0.2, -0.15) is 0 Å².